The van der Waals surface area contributed by atoms with Crippen molar-refractivity contribution in [3.63, 3.8) is 0 Å². The molecule has 23 heavy (non-hydrogen) atoms. The third-order valence-electron chi connectivity index (χ3n) is 2.92. The van der Waals surface area contributed by atoms with E-state index in [4.69, 9.17) is 11.6 Å². The highest BCUT2D eigenvalue weighted by Crippen LogP contribution is 2.20. The minimum absolute atomic E-state index is 0.123. The summed E-state index contributed by atoms with van der Waals surface area (Å²) in [4.78, 5) is 20.6. The number of carbonyl (C=O) groups is 1. The van der Waals surface area contributed by atoms with Gasteiger partial charge in [0.1, 0.15) is 5.82 Å². The first-order valence-corrected chi connectivity index (χ1v) is 8.13. The zero-order valence-corrected chi connectivity index (χ0v) is 13.6. The number of nitrogens with one attached hydrogen (secondary N) is 2. The van der Waals surface area contributed by atoms with Crippen LogP contribution in [-0.4, -0.2) is 15.9 Å². The van der Waals surface area contributed by atoms with E-state index < -0.39 is 0 Å². The molecule has 7 heteroatoms. The van der Waals surface area contributed by atoms with E-state index in [0.717, 1.165) is 5.82 Å². The zero-order valence-electron chi connectivity index (χ0n) is 12.0. The lowest BCUT2D eigenvalue weighted by Crippen LogP contribution is -2.14. The first-order chi connectivity index (χ1) is 11.2. The van der Waals surface area contributed by atoms with Gasteiger partial charge in [-0.05, 0) is 36.4 Å². The summed E-state index contributed by atoms with van der Waals surface area (Å²) in [6, 6.07) is 12.6. The Hall–Kier alpha value is -2.44. The minimum atomic E-state index is -0.123. The van der Waals surface area contributed by atoms with Crippen molar-refractivity contribution in [2.24, 2.45) is 0 Å². The molecule has 2 aromatic heterocycles. The highest BCUT2D eigenvalue weighted by Gasteiger charge is 2.08. The third-order valence-corrected chi connectivity index (χ3v) is 3.98. The van der Waals surface area contributed by atoms with Gasteiger partial charge in [0.05, 0.1) is 12.1 Å². The van der Waals surface area contributed by atoms with E-state index in [-0.39, 0.29) is 12.3 Å². The standard InChI is InChI=1S/C16H13ClN4OS/c17-11-4-6-12(7-5-11)19-15(22)9-13-10-23-16(20-13)21-14-3-1-2-8-18-14/h1-8,10H,9H2,(H,19,22)(H,18,20,21). The Balaban J connectivity index is 1.58. The van der Waals surface area contributed by atoms with Crippen LogP contribution in [-0.2, 0) is 11.2 Å². The zero-order chi connectivity index (χ0) is 16.1. The number of aromatic nitrogens is 2. The third kappa shape index (κ3) is 4.51. The largest absolute Gasteiger partial charge is 0.326 e. The number of amides is 1. The van der Waals surface area contributed by atoms with E-state index in [1.54, 1.807) is 30.5 Å². The van der Waals surface area contributed by atoms with Crippen LogP contribution in [0.3, 0.4) is 0 Å². The van der Waals surface area contributed by atoms with Gasteiger partial charge in [-0.3, -0.25) is 4.79 Å². The molecule has 0 unspecified atom stereocenters. The van der Waals surface area contributed by atoms with Crippen molar-refractivity contribution in [3.8, 4) is 0 Å². The van der Waals surface area contributed by atoms with E-state index in [9.17, 15) is 4.79 Å². The molecule has 0 aliphatic carbocycles. The second-order valence-electron chi connectivity index (χ2n) is 4.72. The molecule has 1 amide bonds. The maximum absolute atomic E-state index is 12.0. The van der Waals surface area contributed by atoms with Gasteiger partial charge in [-0.2, -0.15) is 0 Å². The lowest BCUT2D eigenvalue weighted by Gasteiger charge is -2.04. The van der Waals surface area contributed by atoms with Crippen LogP contribution in [0, 0.1) is 0 Å². The molecule has 0 spiro atoms. The van der Waals surface area contributed by atoms with Gasteiger partial charge in [0, 0.05) is 22.3 Å². The monoisotopic (exact) mass is 344 g/mol. The van der Waals surface area contributed by atoms with Crippen molar-refractivity contribution in [2.75, 3.05) is 10.6 Å². The first kappa shape index (κ1) is 15.5. The van der Waals surface area contributed by atoms with Crippen molar-refractivity contribution < 1.29 is 4.79 Å². The summed E-state index contributed by atoms with van der Waals surface area (Å²) in [5.74, 6) is 0.598. The van der Waals surface area contributed by atoms with E-state index in [1.165, 1.54) is 11.3 Å². The molecule has 3 aromatic rings. The SMILES string of the molecule is O=C(Cc1csc(Nc2ccccn2)n1)Nc1ccc(Cl)cc1. The molecule has 0 saturated carbocycles. The minimum Gasteiger partial charge on any atom is -0.326 e. The molecule has 2 N–H and O–H groups in total. The van der Waals surface area contributed by atoms with E-state index >= 15 is 0 Å². The topological polar surface area (TPSA) is 66.9 Å². The molecule has 0 radical (unpaired) electrons. The quantitative estimate of drug-likeness (QED) is 0.730. The molecule has 0 fully saturated rings. The number of carbonyl (C=O) groups excluding carboxylic acids is 1. The van der Waals surface area contributed by atoms with Crippen molar-refractivity contribution in [1.29, 1.82) is 0 Å². The highest BCUT2D eigenvalue weighted by molar-refractivity contribution is 7.13. The fraction of sp³-hybridized carbons (Fsp3) is 0.0625. The van der Waals surface area contributed by atoms with Crippen LogP contribution < -0.4 is 10.6 Å². The van der Waals surface area contributed by atoms with Crippen molar-refractivity contribution >= 4 is 45.5 Å². The van der Waals surface area contributed by atoms with Crippen LogP contribution in [0.5, 0.6) is 0 Å². The molecule has 2 heterocycles. The lowest BCUT2D eigenvalue weighted by molar-refractivity contribution is -0.115. The fourth-order valence-corrected chi connectivity index (χ4v) is 2.74. The van der Waals surface area contributed by atoms with Crippen LogP contribution in [0.2, 0.25) is 5.02 Å². The molecular weight excluding hydrogens is 332 g/mol. The Labute approximate surface area is 142 Å². The fourth-order valence-electron chi connectivity index (χ4n) is 1.89. The van der Waals surface area contributed by atoms with Gasteiger partial charge in [-0.25, -0.2) is 9.97 Å². The van der Waals surface area contributed by atoms with Crippen molar-refractivity contribution in [2.45, 2.75) is 6.42 Å². The van der Waals surface area contributed by atoms with Gasteiger partial charge in [0.25, 0.3) is 0 Å². The number of thiazole rings is 1. The lowest BCUT2D eigenvalue weighted by atomic mass is 10.3. The number of hydrogen-bond acceptors (Lipinski definition) is 5. The second kappa shape index (κ2) is 7.21. The Bertz CT molecular complexity index is 789. The van der Waals surface area contributed by atoms with Crippen molar-refractivity contribution in [3.05, 3.63) is 64.8 Å². The molecule has 0 aliphatic rings. The van der Waals surface area contributed by atoms with Gasteiger partial charge in [-0.1, -0.05) is 17.7 Å². The maximum Gasteiger partial charge on any atom is 0.230 e. The number of anilines is 3. The molecule has 5 nitrogen and oxygen atoms in total. The van der Waals surface area contributed by atoms with Gasteiger partial charge >= 0.3 is 0 Å². The van der Waals surface area contributed by atoms with Crippen molar-refractivity contribution in [1.82, 2.24) is 9.97 Å². The number of pyridine rings is 1. The molecular formula is C16H13ClN4OS. The number of nitrogens with zero attached hydrogens (tertiary/aromatic N) is 2. The first-order valence-electron chi connectivity index (χ1n) is 6.87. The van der Waals surface area contributed by atoms with Crippen LogP contribution in [0.15, 0.2) is 54.0 Å². The summed E-state index contributed by atoms with van der Waals surface area (Å²) in [5, 5.41) is 9.11. The smallest absolute Gasteiger partial charge is 0.230 e. The molecule has 116 valence electrons. The number of rotatable bonds is 5. The maximum atomic E-state index is 12.0. The number of hydrogen-bond donors (Lipinski definition) is 2. The Morgan fingerprint density at radius 1 is 1.17 bits per heavy atom. The summed E-state index contributed by atoms with van der Waals surface area (Å²) in [5.41, 5.74) is 1.42. The predicted octanol–water partition coefficient (Wildman–Crippen LogP) is 4.12. The van der Waals surface area contributed by atoms with E-state index in [0.29, 0.717) is 21.5 Å². The van der Waals surface area contributed by atoms with Crippen LogP contribution in [0.4, 0.5) is 16.6 Å². The highest BCUT2D eigenvalue weighted by atomic mass is 35.5. The summed E-state index contributed by atoms with van der Waals surface area (Å²) >= 11 is 7.25. The summed E-state index contributed by atoms with van der Waals surface area (Å²) in [7, 11) is 0. The number of benzene rings is 1. The average Bonchev–Trinajstić information content (AvgIpc) is 2.97. The summed E-state index contributed by atoms with van der Waals surface area (Å²) in [6.07, 6.45) is 1.92. The van der Waals surface area contributed by atoms with Crippen LogP contribution in [0.1, 0.15) is 5.69 Å². The van der Waals surface area contributed by atoms with E-state index in [1.807, 2.05) is 23.6 Å². The Morgan fingerprint density at radius 2 is 2.00 bits per heavy atom. The van der Waals surface area contributed by atoms with E-state index in [2.05, 4.69) is 20.6 Å². The molecule has 0 atom stereocenters. The summed E-state index contributed by atoms with van der Waals surface area (Å²) < 4.78 is 0. The van der Waals surface area contributed by atoms with Gasteiger partial charge < -0.3 is 10.6 Å². The van der Waals surface area contributed by atoms with Crippen LogP contribution >= 0.6 is 22.9 Å². The van der Waals surface area contributed by atoms with Gasteiger partial charge in [-0.15, -0.1) is 11.3 Å². The Kier molecular flexibility index (Phi) is 4.85. The molecule has 0 bridgehead atoms. The Morgan fingerprint density at radius 3 is 2.74 bits per heavy atom. The average molecular weight is 345 g/mol. The molecule has 3 rings (SSSR count). The van der Waals surface area contributed by atoms with Crippen LogP contribution in [0.25, 0.3) is 0 Å². The molecule has 0 saturated heterocycles. The second-order valence-corrected chi connectivity index (χ2v) is 6.01. The van der Waals surface area contributed by atoms with Gasteiger partial charge in [0.15, 0.2) is 5.13 Å². The molecule has 0 aliphatic heterocycles. The number of halogens is 1. The summed E-state index contributed by atoms with van der Waals surface area (Å²) in [6.45, 7) is 0. The molecule has 1 aromatic carbocycles. The normalized spacial score (nSPS) is 10.3. The van der Waals surface area contributed by atoms with Gasteiger partial charge in [0.2, 0.25) is 5.91 Å². The predicted molar refractivity (Wildman–Crippen MR) is 93.4 cm³/mol.